The number of ether oxygens (including phenoxy) is 1. The van der Waals surface area contributed by atoms with Crippen molar-refractivity contribution in [2.45, 2.75) is 26.7 Å². The lowest BCUT2D eigenvalue weighted by Gasteiger charge is -2.16. The summed E-state index contributed by atoms with van der Waals surface area (Å²) in [6.07, 6.45) is 2.27. The quantitative estimate of drug-likeness (QED) is 0.704. The van der Waals surface area contributed by atoms with Gasteiger partial charge in [0.2, 0.25) is 0 Å². The summed E-state index contributed by atoms with van der Waals surface area (Å²) in [5.74, 6) is 0.555. The molecule has 1 N–H and O–H groups in total. The molecular weight excluding hydrogens is 192 g/mol. The van der Waals surface area contributed by atoms with E-state index in [4.69, 9.17) is 4.74 Å². The van der Waals surface area contributed by atoms with Crippen LogP contribution in [0.1, 0.15) is 26.7 Å². The molecule has 88 valence electrons. The van der Waals surface area contributed by atoms with E-state index in [1.165, 1.54) is 0 Å². The Bertz CT molecular complexity index is 189. The molecule has 1 fully saturated rings. The molecule has 15 heavy (non-hydrogen) atoms. The predicted molar refractivity (Wildman–Crippen MR) is 59.9 cm³/mol. The molecule has 0 aromatic carbocycles. The summed E-state index contributed by atoms with van der Waals surface area (Å²) in [4.78, 5) is 13.4. The third kappa shape index (κ3) is 5.02. The van der Waals surface area contributed by atoms with E-state index in [0.717, 1.165) is 32.5 Å². The van der Waals surface area contributed by atoms with E-state index in [-0.39, 0.29) is 6.03 Å². The number of hydrogen-bond acceptors (Lipinski definition) is 2. The Kier molecular flexibility index (Phi) is 5.47. The third-order valence-corrected chi connectivity index (χ3v) is 2.37. The standard InChI is InChI=1S/C11H22N2O2/c1-10(2)9-15-8-5-12-11(14)13-6-3-4-7-13/h10H,3-9H2,1-2H3,(H,12,14). The summed E-state index contributed by atoms with van der Waals surface area (Å²) >= 11 is 0. The Morgan fingerprint density at radius 2 is 2.07 bits per heavy atom. The van der Waals surface area contributed by atoms with Crippen molar-refractivity contribution in [1.29, 1.82) is 0 Å². The maximum atomic E-state index is 11.5. The molecule has 4 heteroatoms. The molecule has 1 aliphatic rings. The average Bonchev–Trinajstić information content (AvgIpc) is 2.69. The van der Waals surface area contributed by atoms with Crippen LogP contribution in [-0.4, -0.2) is 43.8 Å². The van der Waals surface area contributed by atoms with Crippen LogP contribution >= 0.6 is 0 Å². The molecule has 0 spiro atoms. The fraction of sp³-hybridized carbons (Fsp3) is 0.909. The van der Waals surface area contributed by atoms with E-state index < -0.39 is 0 Å². The first-order valence-corrected chi connectivity index (χ1v) is 5.80. The van der Waals surface area contributed by atoms with Crippen molar-refractivity contribution in [2.24, 2.45) is 5.92 Å². The maximum Gasteiger partial charge on any atom is 0.317 e. The summed E-state index contributed by atoms with van der Waals surface area (Å²) in [6, 6.07) is 0.0562. The minimum Gasteiger partial charge on any atom is -0.379 e. The summed E-state index contributed by atoms with van der Waals surface area (Å²) in [7, 11) is 0. The van der Waals surface area contributed by atoms with Crippen LogP contribution in [0.4, 0.5) is 4.79 Å². The van der Waals surface area contributed by atoms with Crippen molar-refractivity contribution in [3.63, 3.8) is 0 Å². The molecule has 1 rings (SSSR count). The Morgan fingerprint density at radius 3 is 2.67 bits per heavy atom. The van der Waals surface area contributed by atoms with E-state index >= 15 is 0 Å². The summed E-state index contributed by atoms with van der Waals surface area (Å²) in [5.41, 5.74) is 0. The molecule has 0 aliphatic carbocycles. The van der Waals surface area contributed by atoms with E-state index in [9.17, 15) is 4.79 Å². The highest BCUT2D eigenvalue weighted by molar-refractivity contribution is 5.74. The maximum absolute atomic E-state index is 11.5. The highest BCUT2D eigenvalue weighted by Gasteiger charge is 2.16. The molecule has 4 nitrogen and oxygen atoms in total. The number of amides is 2. The molecule has 0 bridgehead atoms. The number of nitrogens with zero attached hydrogens (tertiary/aromatic N) is 1. The van der Waals surface area contributed by atoms with Crippen LogP contribution in [-0.2, 0) is 4.74 Å². The SMILES string of the molecule is CC(C)COCCNC(=O)N1CCCC1. The Morgan fingerprint density at radius 1 is 1.40 bits per heavy atom. The van der Waals surface area contributed by atoms with Gasteiger partial charge in [0, 0.05) is 26.2 Å². The second-order valence-electron chi connectivity index (χ2n) is 4.39. The van der Waals surface area contributed by atoms with Crippen LogP contribution < -0.4 is 5.32 Å². The summed E-state index contributed by atoms with van der Waals surface area (Å²) in [6.45, 7) is 8.02. The van der Waals surface area contributed by atoms with Gasteiger partial charge in [0.25, 0.3) is 0 Å². The Hall–Kier alpha value is -0.770. The first kappa shape index (κ1) is 12.3. The van der Waals surface area contributed by atoms with Crippen molar-refractivity contribution in [3.05, 3.63) is 0 Å². The number of rotatable bonds is 5. The lowest BCUT2D eigenvalue weighted by atomic mass is 10.2. The van der Waals surface area contributed by atoms with Crippen molar-refractivity contribution in [3.8, 4) is 0 Å². The van der Waals surface area contributed by atoms with Crippen LogP contribution in [0.2, 0.25) is 0 Å². The van der Waals surface area contributed by atoms with E-state index in [1.807, 2.05) is 4.90 Å². The lowest BCUT2D eigenvalue weighted by Crippen LogP contribution is -2.39. The number of carbonyl (C=O) groups excluding carboxylic acids is 1. The molecular formula is C11H22N2O2. The number of nitrogens with one attached hydrogen (secondary N) is 1. The zero-order chi connectivity index (χ0) is 11.1. The molecule has 0 radical (unpaired) electrons. The second kappa shape index (κ2) is 6.67. The Balaban J connectivity index is 1.97. The number of hydrogen-bond donors (Lipinski definition) is 1. The topological polar surface area (TPSA) is 41.6 Å². The first-order chi connectivity index (χ1) is 7.20. The molecule has 0 unspecified atom stereocenters. The van der Waals surface area contributed by atoms with Gasteiger partial charge in [-0.2, -0.15) is 0 Å². The average molecular weight is 214 g/mol. The largest absolute Gasteiger partial charge is 0.379 e. The van der Waals surface area contributed by atoms with Crippen molar-refractivity contribution >= 4 is 6.03 Å². The summed E-state index contributed by atoms with van der Waals surface area (Å²) < 4.78 is 5.37. The van der Waals surface area contributed by atoms with Crippen LogP contribution in [0.15, 0.2) is 0 Å². The molecule has 1 saturated heterocycles. The van der Waals surface area contributed by atoms with Crippen LogP contribution in [0.25, 0.3) is 0 Å². The highest BCUT2D eigenvalue weighted by atomic mass is 16.5. The predicted octanol–water partition coefficient (Wildman–Crippen LogP) is 1.46. The van der Waals surface area contributed by atoms with Gasteiger partial charge in [0.1, 0.15) is 0 Å². The van der Waals surface area contributed by atoms with E-state index in [1.54, 1.807) is 0 Å². The van der Waals surface area contributed by atoms with Crippen LogP contribution in [0, 0.1) is 5.92 Å². The molecule has 0 aromatic rings. The number of likely N-dealkylation sites (tertiary alicyclic amines) is 1. The molecule has 0 aromatic heterocycles. The third-order valence-electron chi connectivity index (χ3n) is 2.37. The first-order valence-electron chi connectivity index (χ1n) is 5.80. The van der Waals surface area contributed by atoms with Crippen molar-refractivity contribution in [2.75, 3.05) is 32.8 Å². The van der Waals surface area contributed by atoms with E-state index in [0.29, 0.717) is 19.1 Å². The van der Waals surface area contributed by atoms with Gasteiger partial charge >= 0.3 is 6.03 Å². The smallest absolute Gasteiger partial charge is 0.317 e. The fourth-order valence-electron chi connectivity index (χ4n) is 1.58. The van der Waals surface area contributed by atoms with E-state index in [2.05, 4.69) is 19.2 Å². The number of urea groups is 1. The number of carbonyl (C=O) groups is 1. The fourth-order valence-corrected chi connectivity index (χ4v) is 1.58. The highest BCUT2D eigenvalue weighted by Crippen LogP contribution is 2.06. The van der Waals surface area contributed by atoms with Gasteiger partial charge in [-0.15, -0.1) is 0 Å². The summed E-state index contributed by atoms with van der Waals surface area (Å²) in [5, 5.41) is 2.86. The van der Waals surface area contributed by atoms with Gasteiger partial charge < -0.3 is 15.0 Å². The van der Waals surface area contributed by atoms with Gasteiger partial charge in [-0.3, -0.25) is 0 Å². The molecule has 1 heterocycles. The molecule has 0 atom stereocenters. The van der Waals surface area contributed by atoms with Gasteiger partial charge in [0.05, 0.1) is 6.61 Å². The van der Waals surface area contributed by atoms with Crippen LogP contribution in [0.3, 0.4) is 0 Å². The monoisotopic (exact) mass is 214 g/mol. The normalized spacial score (nSPS) is 16.1. The second-order valence-corrected chi connectivity index (χ2v) is 4.39. The zero-order valence-electron chi connectivity index (χ0n) is 9.79. The minimum atomic E-state index is 0.0562. The van der Waals surface area contributed by atoms with Gasteiger partial charge in [-0.05, 0) is 18.8 Å². The van der Waals surface area contributed by atoms with Gasteiger partial charge in [-0.25, -0.2) is 4.79 Å². The van der Waals surface area contributed by atoms with Gasteiger partial charge in [0.15, 0.2) is 0 Å². The van der Waals surface area contributed by atoms with Crippen molar-refractivity contribution < 1.29 is 9.53 Å². The van der Waals surface area contributed by atoms with Crippen LogP contribution in [0.5, 0.6) is 0 Å². The van der Waals surface area contributed by atoms with Crippen molar-refractivity contribution in [1.82, 2.24) is 10.2 Å². The zero-order valence-corrected chi connectivity index (χ0v) is 9.79. The Labute approximate surface area is 92.0 Å². The lowest BCUT2D eigenvalue weighted by molar-refractivity contribution is 0.111. The minimum absolute atomic E-state index is 0.0562. The molecule has 2 amide bonds. The molecule has 1 aliphatic heterocycles. The molecule has 0 saturated carbocycles. The van der Waals surface area contributed by atoms with Gasteiger partial charge in [-0.1, -0.05) is 13.8 Å².